The molecule has 1 saturated heterocycles. The lowest BCUT2D eigenvalue weighted by Gasteiger charge is -2.43. The lowest BCUT2D eigenvalue weighted by molar-refractivity contribution is -0.169. The Hall–Kier alpha value is -2.33. The minimum Gasteiger partial charge on any atom is -0.375 e. The van der Waals surface area contributed by atoms with Crippen molar-refractivity contribution in [1.29, 1.82) is 0 Å². The molecule has 1 aliphatic heterocycles. The van der Waals surface area contributed by atoms with Crippen LogP contribution in [-0.2, 0) is 9.53 Å². The standard InChI is InChI=1S/C19H22N2O2/c1-19(18(22)21(2)13-14-23-19)17(15-9-5-3-6-10-15)20-16-11-7-4-8-12-16/h3-12,17,20H,13-14H2,1-2H3. The number of benzene rings is 2. The summed E-state index contributed by atoms with van der Waals surface area (Å²) in [4.78, 5) is 14.6. The second kappa shape index (κ2) is 6.42. The fourth-order valence-electron chi connectivity index (χ4n) is 3.03. The molecule has 1 heterocycles. The van der Waals surface area contributed by atoms with Crippen LogP contribution in [0.25, 0.3) is 0 Å². The summed E-state index contributed by atoms with van der Waals surface area (Å²) in [6, 6.07) is 19.6. The van der Waals surface area contributed by atoms with Crippen LogP contribution in [-0.4, -0.2) is 36.6 Å². The first kappa shape index (κ1) is 15.6. The highest BCUT2D eigenvalue weighted by atomic mass is 16.5. The molecule has 3 rings (SSSR count). The molecule has 1 N–H and O–H groups in total. The molecule has 1 fully saturated rings. The van der Waals surface area contributed by atoms with E-state index in [1.54, 1.807) is 4.90 Å². The number of nitrogens with zero attached hydrogens (tertiary/aromatic N) is 1. The smallest absolute Gasteiger partial charge is 0.256 e. The molecule has 2 unspecified atom stereocenters. The fraction of sp³-hybridized carbons (Fsp3) is 0.316. The highest BCUT2D eigenvalue weighted by Gasteiger charge is 2.47. The summed E-state index contributed by atoms with van der Waals surface area (Å²) in [5, 5.41) is 3.48. The molecule has 2 aromatic rings. The van der Waals surface area contributed by atoms with Crippen LogP contribution in [0, 0.1) is 0 Å². The summed E-state index contributed by atoms with van der Waals surface area (Å²) in [6.45, 7) is 3.04. The molecule has 0 spiro atoms. The van der Waals surface area contributed by atoms with Crippen LogP contribution in [0.1, 0.15) is 18.5 Å². The fourth-order valence-corrected chi connectivity index (χ4v) is 3.03. The van der Waals surface area contributed by atoms with Crippen LogP contribution in [0.4, 0.5) is 5.69 Å². The van der Waals surface area contributed by atoms with E-state index in [-0.39, 0.29) is 11.9 Å². The quantitative estimate of drug-likeness (QED) is 0.943. The SMILES string of the molecule is CN1CCOC(C)(C(Nc2ccccc2)c2ccccc2)C1=O. The number of rotatable bonds is 4. The Labute approximate surface area is 137 Å². The molecule has 0 saturated carbocycles. The van der Waals surface area contributed by atoms with E-state index in [0.717, 1.165) is 11.3 Å². The van der Waals surface area contributed by atoms with Gasteiger partial charge in [0.1, 0.15) is 0 Å². The van der Waals surface area contributed by atoms with Crippen LogP contribution in [0.15, 0.2) is 60.7 Å². The summed E-state index contributed by atoms with van der Waals surface area (Å²) in [5.74, 6) is 0.000958. The molecule has 120 valence electrons. The van der Waals surface area contributed by atoms with E-state index in [9.17, 15) is 4.79 Å². The minimum atomic E-state index is -0.940. The molecule has 1 amide bonds. The summed E-state index contributed by atoms with van der Waals surface area (Å²) in [5.41, 5.74) is 1.05. The molecule has 0 bridgehead atoms. The van der Waals surface area contributed by atoms with Gasteiger partial charge in [0.15, 0.2) is 5.60 Å². The maximum absolute atomic E-state index is 12.8. The molecule has 0 radical (unpaired) electrons. The van der Waals surface area contributed by atoms with E-state index in [0.29, 0.717) is 13.2 Å². The first-order valence-corrected chi connectivity index (χ1v) is 7.87. The Bertz CT molecular complexity index is 660. The van der Waals surface area contributed by atoms with Crippen LogP contribution >= 0.6 is 0 Å². The summed E-state index contributed by atoms with van der Waals surface area (Å²) < 4.78 is 5.98. The molecule has 2 aromatic carbocycles. The lowest BCUT2D eigenvalue weighted by atomic mass is 9.87. The predicted molar refractivity (Wildman–Crippen MR) is 91.2 cm³/mol. The Morgan fingerprint density at radius 3 is 2.35 bits per heavy atom. The van der Waals surface area contributed by atoms with Crippen LogP contribution in [0.2, 0.25) is 0 Å². The zero-order valence-corrected chi connectivity index (χ0v) is 13.5. The van der Waals surface area contributed by atoms with Gasteiger partial charge in [-0.05, 0) is 24.6 Å². The summed E-state index contributed by atoms with van der Waals surface area (Å²) >= 11 is 0. The van der Waals surface area contributed by atoms with Gasteiger partial charge in [0.2, 0.25) is 0 Å². The molecule has 1 aliphatic rings. The number of carbonyl (C=O) groups excluding carboxylic acids is 1. The van der Waals surface area contributed by atoms with Crippen molar-refractivity contribution in [2.75, 3.05) is 25.5 Å². The third-order valence-electron chi connectivity index (χ3n) is 4.37. The zero-order valence-electron chi connectivity index (χ0n) is 13.5. The van der Waals surface area contributed by atoms with Gasteiger partial charge in [-0.2, -0.15) is 0 Å². The van der Waals surface area contributed by atoms with Crippen molar-refractivity contribution in [3.63, 3.8) is 0 Å². The number of hydrogen-bond donors (Lipinski definition) is 1. The first-order valence-electron chi connectivity index (χ1n) is 7.87. The van der Waals surface area contributed by atoms with Gasteiger partial charge in [-0.25, -0.2) is 0 Å². The lowest BCUT2D eigenvalue weighted by Crippen LogP contribution is -2.58. The van der Waals surface area contributed by atoms with Crippen LogP contribution < -0.4 is 5.32 Å². The summed E-state index contributed by atoms with van der Waals surface area (Å²) in [7, 11) is 1.83. The number of anilines is 1. The van der Waals surface area contributed by atoms with Crippen molar-refractivity contribution in [1.82, 2.24) is 4.90 Å². The molecule has 4 heteroatoms. The number of ether oxygens (including phenoxy) is 1. The van der Waals surface area contributed by atoms with Gasteiger partial charge in [0, 0.05) is 19.3 Å². The summed E-state index contributed by atoms with van der Waals surface area (Å²) in [6.07, 6.45) is 0. The maximum atomic E-state index is 12.8. The zero-order chi connectivity index (χ0) is 16.3. The number of hydrogen-bond acceptors (Lipinski definition) is 3. The van der Waals surface area contributed by atoms with Gasteiger partial charge >= 0.3 is 0 Å². The number of amides is 1. The second-order valence-electron chi connectivity index (χ2n) is 6.04. The van der Waals surface area contributed by atoms with E-state index in [1.165, 1.54) is 0 Å². The molecular formula is C19H22N2O2. The van der Waals surface area contributed by atoms with Crippen LogP contribution in [0.5, 0.6) is 0 Å². The van der Waals surface area contributed by atoms with Gasteiger partial charge < -0.3 is 15.0 Å². The average Bonchev–Trinajstić information content (AvgIpc) is 2.59. The van der Waals surface area contributed by atoms with E-state index in [1.807, 2.05) is 74.6 Å². The largest absolute Gasteiger partial charge is 0.375 e. The molecular weight excluding hydrogens is 288 g/mol. The Morgan fingerprint density at radius 2 is 1.70 bits per heavy atom. The third-order valence-corrected chi connectivity index (χ3v) is 4.37. The number of para-hydroxylation sites is 1. The molecule has 23 heavy (non-hydrogen) atoms. The van der Waals surface area contributed by atoms with Gasteiger partial charge in [0.05, 0.1) is 12.6 Å². The van der Waals surface area contributed by atoms with Crippen molar-refractivity contribution in [3.05, 3.63) is 66.2 Å². The number of nitrogens with one attached hydrogen (secondary N) is 1. The number of morpholine rings is 1. The highest BCUT2D eigenvalue weighted by molar-refractivity contribution is 5.87. The monoisotopic (exact) mass is 310 g/mol. The Balaban J connectivity index is 1.99. The van der Waals surface area contributed by atoms with Crippen LogP contribution in [0.3, 0.4) is 0 Å². The van der Waals surface area contributed by atoms with Crippen molar-refractivity contribution >= 4 is 11.6 Å². The number of carbonyl (C=O) groups is 1. The molecule has 4 nitrogen and oxygen atoms in total. The second-order valence-corrected chi connectivity index (χ2v) is 6.04. The molecule has 0 aliphatic carbocycles. The van der Waals surface area contributed by atoms with E-state index in [4.69, 9.17) is 4.74 Å². The van der Waals surface area contributed by atoms with E-state index >= 15 is 0 Å². The predicted octanol–water partition coefficient (Wildman–Crippen LogP) is 3.09. The first-order chi connectivity index (χ1) is 11.1. The van der Waals surface area contributed by atoms with Crippen molar-refractivity contribution in [2.24, 2.45) is 0 Å². The Morgan fingerprint density at radius 1 is 1.09 bits per heavy atom. The van der Waals surface area contributed by atoms with Gasteiger partial charge in [-0.15, -0.1) is 0 Å². The average molecular weight is 310 g/mol. The topological polar surface area (TPSA) is 41.6 Å². The molecule has 2 atom stereocenters. The van der Waals surface area contributed by atoms with Crippen molar-refractivity contribution in [3.8, 4) is 0 Å². The Kier molecular flexibility index (Phi) is 4.35. The van der Waals surface area contributed by atoms with Gasteiger partial charge in [-0.1, -0.05) is 48.5 Å². The maximum Gasteiger partial charge on any atom is 0.256 e. The highest BCUT2D eigenvalue weighted by Crippen LogP contribution is 2.35. The van der Waals surface area contributed by atoms with Gasteiger partial charge in [0.25, 0.3) is 5.91 Å². The normalized spacial score (nSPS) is 22.7. The van der Waals surface area contributed by atoms with Crippen molar-refractivity contribution < 1.29 is 9.53 Å². The van der Waals surface area contributed by atoms with E-state index < -0.39 is 5.60 Å². The minimum absolute atomic E-state index is 0.000958. The third kappa shape index (κ3) is 3.08. The van der Waals surface area contributed by atoms with Crippen molar-refractivity contribution in [2.45, 2.75) is 18.6 Å². The van der Waals surface area contributed by atoms with E-state index in [2.05, 4.69) is 5.32 Å². The van der Waals surface area contributed by atoms with Gasteiger partial charge in [-0.3, -0.25) is 4.79 Å². The number of likely N-dealkylation sites (N-methyl/N-ethyl adjacent to an activating group) is 1. The molecule has 0 aromatic heterocycles.